The molecule has 1 aromatic carbocycles. The summed E-state index contributed by atoms with van der Waals surface area (Å²) in [6, 6.07) is 2.24. The Hall–Kier alpha value is -4.50. The maximum Gasteiger partial charge on any atom is 0.326 e. The van der Waals surface area contributed by atoms with E-state index in [-0.39, 0.29) is 32.1 Å². The van der Waals surface area contributed by atoms with Gasteiger partial charge >= 0.3 is 11.9 Å². The molecule has 0 bridgehead atoms. The lowest BCUT2D eigenvalue weighted by molar-refractivity contribution is -0.142. The van der Waals surface area contributed by atoms with E-state index in [1.165, 1.54) is 0 Å². The van der Waals surface area contributed by atoms with Crippen LogP contribution in [0.3, 0.4) is 0 Å². The van der Waals surface area contributed by atoms with Crippen LogP contribution in [-0.4, -0.2) is 81.5 Å². The zero-order valence-electron chi connectivity index (χ0n) is 23.1. The molecule has 2 rings (SSSR count). The minimum Gasteiger partial charge on any atom is -0.481 e. The first kappa shape index (κ1) is 33.7. The Morgan fingerprint density at radius 2 is 1.40 bits per heavy atom. The Balaban J connectivity index is 2.15. The number of unbranched alkanes of at least 4 members (excludes halogenated alkanes) is 1. The second-order valence-corrected chi connectivity index (χ2v) is 9.91. The fraction of sp³-hybridized carbons (Fsp3) is 0.481. The number of para-hydroxylation sites is 1. The number of fused-ring (bicyclic) bond motifs is 1. The highest BCUT2D eigenvalue weighted by molar-refractivity contribution is 5.95. The van der Waals surface area contributed by atoms with E-state index in [1.54, 1.807) is 6.20 Å². The van der Waals surface area contributed by atoms with Gasteiger partial charge in [0.2, 0.25) is 23.6 Å². The average molecular weight is 590 g/mol. The van der Waals surface area contributed by atoms with Gasteiger partial charge in [-0.1, -0.05) is 18.2 Å². The van der Waals surface area contributed by atoms with E-state index in [9.17, 15) is 33.9 Å². The quantitative estimate of drug-likeness (QED) is 0.0886. The molecule has 1 aromatic heterocycles. The molecule has 4 amide bonds. The van der Waals surface area contributed by atoms with Crippen LogP contribution in [0, 0.1) is 0 Å². The van der Waals surface area contributed by atoms with E-state index in [2.05, 4.69) is 20.9 Å². The molecular weight excluding hydrogens is 550 g/mol. The molecule has 12 N–H and O–H groups in total. The van der Waals surface area contributed by atoms with Crippen LogP contribution in [0.5, 0.6) is 0 Å². The van der Waals surface area contributed by atoms with Crippen molar-refractivity contribution in [3.8, 4) is 0 Å². The number of carbonyl (C=O) groups excluding carboxylic acids is 4. The molecule has 2 aromatic rings. The van der Waals surface area contributed by atoms with Gasteiger partial charge in [0, 0.05) is 29.9 Å². The summed E-state index contributed by atoms with van der Waals surface area (Å²) in [4.78, 5) is 76.5. The number of carboxylic acid groups (broad SMARTS) is 2. The predicted octanol–water partition coefficient (Wildman–Crippen LogP) is -1.16. The zero-order chi connectivity index (χ0) is 31.2. The van der Waals surface area contributed by atoms with Gasteiger partial charge in [-0.3, -0.25) is 24.0 Å². The van der Waals surface area contributed by atoms with Gasteiger partial charge in [0.15, 0.2) is 0 Å². The standard InChI is InChI=1S/C27H39N7O8/c28-12-4-3-7-21(27(41)42)34-26(40)19(8-10-22(30)35)33-25(39)20(9-11-23(36)37)32-24(38)17(29)13-15-14-31-18-6-2-1-5-16(15)18/h1-2,5-6,14,17,19-21,31H,3-4,7-13,28-29H2,(H2,30,35)(H,32,38)(H,33,39)(H,34,40)(H,36,37)(H,41,42). The van der Waals surface area contributed by atoms with Crippen LogP contribution in [0.15, 0.2) is 30.5 Å². The molecule has 0 aliphatic carbocycles. The summed E-state index contributed by atoms with van der Waals surface area (Å²) in [7, 11) is 0. The smallest absolute Gasteiger partial charge is 0.326 e. The van der Waals surface area contributed by atoms with Crippen molar-refractivity contribution in [2.45, 2.75) is 75.5 Å². The van der Waals surface area contributed by atoms with Gasteiger partial charge in [-0.15, -0.1) is 0 Å². The molecule has 230 valence electrons. The first-order valence-electron chi connectivity index (χ1n) is 13.6. The van der Waals surface area contributed by atoms with Gasteiger partial charge in [0.25, 0.3) is 0 Å². The van der Waals surface area contributed by atoms with Gasteiger partial charge in [0.1, 0.15) is 18.1 Å². The average Bonchev–Trinajstić information content (AvgIpc) is 3.34. The predicted molar refractivity (Wildman–Crippen MR) is 152 cm³/mol. The molecule has 15 nitrogen and oxygen atoms in total. The number of rotatable bonds is 19. The number of amides is 4. The minimum absolute atomic E-state index is 0.0837. The third-order valence-electron chi connectivity index (χ3n) is 6.61. The SMILES string of the molecule is NCCCCC(NC(=O)C(CCC(N)=O)NC(=O)C(CCC(=O)O)NC(=O)C(N)Cc1c[nH]c2ccccc12)C(=O)O. The molecule has 0 saturated heterocycles. The molecular formula is C27H39N7O8. The Bertz CT molecular complexity index is 1260. The molecule has 0 radical (unpaired) electrons. The second kappa shape index (κ2) is 16.7. The number of hydrogen-bond acceptors (Lipinski definition) is 8. The van der Waals surface area contributed by atoms with Crippen LogP contribution in [0.4, 0.5) is 0 Å². The number of nitrogens with two attached hydrogens (primary N) is 3. The number of benzene rings is 1. The van der Waals surface area contributed by atoms with Crippen molar-refractivity contribution >= 4 is 46.5 Å². The van der Waals surface area contributed by atoms with E-state index in [0.717, 1.165) is 16.5 Å². The van der Waals surface area contributed by atoms with Crippen molar-refractivity contribution in [2.24, 2.45) is 17.2 Å². The van der Waals surface area contributed by atoms with Crippen LogP contribution in [0.25, 0.3) is 10.9 Å². The van der Waals surface area contributed by atoms with Crippen molar-refractivity contribution in [2.75, 3.05) is 6.54 Å². The molecule has 0 aliphatic rings. The van der Waals surface area contributed by atoms with Gasteiger partial charge < -0.3 is 48.3 Å². The lowest BCUT2D eigenvalue weighted by Gasteiger charge is -2.25. The third kappa shape index (κ3) is 10.8. The van der Waals surface area contributed by atoms with Gasteiger partial charge in [-0.2, -0.15) is 0 Å². The fourth-order valence-corrected chi connectivity index (χ4v) is 4.30. The largest absolute Gasteiger partial charge is 0.481 e. The highest BCUT2D eigenvalue weighted by Gasteiger charge is 2.31. The number of aliphatic carboxylic acids is 2. The molecule has 1 heterocycles. The molecule has 4 unspecified atom stereocenters. The van der Waals surface area contributed by atoms with E-state index >= 15 is 0 Å². The normalized spacial score (nSPS) is 13.9. The second-order valence-electron chi connectivity index (χ2n) is 9.91. The topological polar surface area (TPSA) is 273 Å². The number of H-pyrrole nitrogens is 1. The highest BCUT2D eigenvalue weighted by Crippen LogP contribution is 2.19. The molecule has 4 atom stereocenters. The van der Waals surface area contributed by atoms with Crippen LogP contribution < -0.4 is 33.2 Å². The Kier molecular flexibility index (Phi) is 13.4. The lowest BCUT2D eigenvalue weighted by atomic mass is 10.0. The number of primary amides is 1. The van der Waals surface area contributed by atoms with Gasteiger partial charge in [-0.25, -0.2) is 4.79 Å². The van der Waals surface area contributed by atoms with Crippen molar-refractivity contribution in [3.05, 3.63) is 36.0 Å². The first-order chi connectivity index (χ1) is 19.9. The maximum absolute atomic E-state index is 13.2. The fourth-order valence-electron chi connectivity index (χ4n) is 4.30. The Labute approximate surface area is 241 Å². The summed E-state index contributed by atoms with van der Waals surface area (Å²) < 4.78 is 0. The van der Waals surface area contributed by atoms with E-state index < -0.39 is 66.2 Å². The van der Waals surface area contributed by atoms with E-state index in [4.69, 9.17) is 22.3 Å². The van der Waals surface area contributed by atoms with Crippen LogP contribution in [-0.2, 0) is 35.2 Å². The summed E-state index contributed by atoms with van der Waals surface area (Å²) in [5.41, 5.74) is 18.4. The van der Waals surface area contributed by atoms with Crippen LogP contribution in [0.1, 0.15) is 50.5 Å². The molecule has 0 aliphatic heterocycles. The first-order valence-corrected chi connectivity index (χ1v) is 13.6. The molecule has 42 heavy (non-hydrogen) atoms. The summed E-state index contributed by atoms with van der Waals surface area (Å²) in [5.74, 6) is -5.81. The number of hydrogen-bond donors (Lipinski definition) is 9. The van der Waals surface area contributed by atoms with Crippen molar-refractivity contribution in [3.63, 3.8) is 0 Å². The van der Waals surface area contributed by atoms with Crippen LogP contribution in [0.2, 0.25) is 0 Å². The Morgan fingerprint density at radius 3 is 2.00 bits per heavy atom. The number of carbonyl (C=O) groups is 6. The number of aromatic amines is 1. The molecule has 0 saturated carbocycles. The molecule has 0 fully saturated rings. The van der Waals surface area contributed by atoms with Crippen LogP contribution >= 0.6 is 0 Å². The van der Waals surface area contributed by atoms with Gasteiger partial charge in [-0.05, 0) is 56.7 Å². The van der Waals surface area contributed by atoms with Crippen molar-refractivity contribution in [1.29, 1.82) is 0 Å². The van der Waals surface area contributed by atoms with E-state index in [1.807, 2.05) is 24.3 Å². The summed E-state index contributed by atoms with van der Waals surface area (Å²) in [6.45, 7) is 0.340. The summed E-state index contributed by atoms with van der Waals surface area (Å²) in [6.07, 6.45) is 1.49. The number of nitrogens with one attached hydrogen (secondary N) is 4. The maximum atomic E-state index is 13.2. The molecule has 15 heteroatoms. The number of carboxylic acids is 2. The summed E-state index contributed by atoms with van der Waals surface area (Å²) in [5, 5.41) is 26.7. The van der Waals surface area contributed by atoms with Crippen molar-refractivity contribution in [1.82, 2.24) is 20.9 Å². The highest BCUT2D eigenvalue weighted by atomic mass is 16.4. The number of aromatic nitrogens is 1. The zero-order valence-corrected chi connectivity index (χ0v) is 23.1. The lowest BCUT2D eigenvalue weighted by Crippen LogP contribution is -2.57. The third-order valence-corrected chi connectivity index (χ3v) is 6.61. The van der Waals surface area contributed by atoms with Gasteiger partial charge in [0.05, 0.1) is 6.04 Å². The molecule has 0 spiro atoms. The Morgan fingerprint density at radius 1 is 0.810 bits per heavy atom. The van der Waals surface area contributed by atoms with E-state index in [0.29, 0.717) is 19.4 Å². The minimum atomic E-state index is -1.40. The summed E-state index contributed by atoms with van der Waals surface area (Å²) >= 11 is 0. The van der Waals surface area contributed by atoms with Crippen molar-refractivity contribution < 1.29 is 39.0 Å². The monoisotopic (exact) mass is 589 g/mol.